The summed E-state index contributed by atoms with van der Waals surface area (Å²) in [5.74, 6) is 0. The molecule has 2 heteroatoms. The van der Waals surface area contributed by atoms with Crippen LogP contribution in [-0.2, 0) is 6.42 Å². The van der Waals surface area contributed by atoms with Gasteiger partial charge in [-0.2, -0.15) is 0 Å². The van der Waals surface area contributed by atoms with E-state index in [4.69, 9.17) is 0 Å². The first-order chi connectivity index (χ1) is 7.42. The van der Waals surface area contributed by atoms with E-state index in [0.29, 0.717) is 0 Å². The highest BCUT2D eigenvalue weighted by Crippen LogP contribution is 2.25. The second-order valence-corrected chi connectivity index (χ2v) is 4.67. The van der Waals surface area contributed by atoms with Gasteiger partial charge in [0, 0.05) is 4.70 Å². The third-order valence-corrected chi connectivity index (χ3v) is 3.57. The Kier molecular flexibility index (Phi) is 3.75. The average molecular weight is 219 g/mol. The van der Waals surface area contributed by atoms with Crippen molar-refractivity contribution >= 4 is 21.4 Å². The second kappa shape index (κ2) is 5.29. The van der Waals surface area contributed by atoms with Crippen LogP contribution in [0.5, 0.6) is 0 Å². The Labute approximate surface area is 95.1 Å². The lowest BCUT2D eigenvalue weighted by atomic mass is 10.1. The van der Waals surface area contributed by atoms with Crippen molar-refractivity contribution in [3.8, 4) is 0 Å². The van der Waals surface area contributed by atoms with Crippen LogP contribution in [0.15, 0.2) is 29.6 Å². The van der Waals surface area contributed by atoms with E-state index in [0.717, 1.165) is 19.5 Å². The number of fused-ring (bicyclic) bond motifs is 1. The maximum absolute atomic E-state index is 3.44. The van der Waals surface area contributed by atoms with Crippen LogP contribution in [0, 0.1) is 0 Å². The zero-order valence-corrected chi connectivity index (χ0v) is 9.94. The van der Waals surface area contributed by atoms with Crippen LogP contribution in [0.4, 0.5) is 0 Å². The number of thiophene rings is 1. The predicted molar refractivity (Wildman–Crippen MR) is 68.7 cm³/mol. The summed E-state index contributed by atoms with van der Waals surface area (Å²) in [6, 6.07) is 8.65. The summed E-state index contributed by atoms with van der Waals surface area (Å²) in [7, 11) is 0. The smallest absolute Gasteiger partial charge is 0.0345 e. The van der Waals surface area contributed by atoms with E-state index in [2.05, 4.69) is 41.9 Å². The van der Waals surface area contributed by atoms with Crippen LogP contribution in [-0.4, -0.2) is 13.1 Å². The lowest BCUT2D eigenvalue weighted by Gasteiger charge is -2.01. The molecule has 1 heterocycles. The summed E-state index contributed by atoms with van der Waals surface area (Å²) < 4.78 is 1.41. The van der Waals surface area contributed by atoms with Crippen LogP contribution < -0.4 is 5.32 Å². The lowest BCUT2D eigenvalue weighted by Crippen LogP contribution is -2.17. The molecule has 0 amide bonds. The van der Waals surface area contributed by atoms with E-state index in [1.807, 2.05) is 11.3 Å². The molecular weight excluding hydrogens is 202 g/mol. The van der Waals surface area contributed by atoms with Crippen LogP contribution in [0.1, 0.15) is 18.9 Å². The first-order valence-corrected chi connectivity index (χ1v) is 6.45. The Hall–Kier alpha value is -0.860. The molecule has 15 heavy (non-hydrogen) atoms. The number of nitrogens with one attached hydrogen (secondary N) is 1. The maximum Gasteiger partial charge on any atom is 0.0345 e. The van der Waals surface area contributed by atoms with Crippen molar-refractivity contribution in [2.75, 3.05) is 13.1 Å². The molecule has 0 aliphatic carbocycles. The molecule has 2 rings (SSSR count). The Morgan fingerprint density at radius 2 is 2.07 bits per heavy atom. The molecule has 0 saturated heterocycles. The van der Waals surface area contributed by atoms with Crippen molar-refractivity contribution in [1.82, 2.24) is 5.32 Å². The van der Waals surface area contributed by atoms with E-state index < -0.39 is 0 Å². The van der Waals surface area contributed by atoms with Crippen molar-refractivity contribution in [2.24, 2.45) is 0 Å². The molecule has 0 unspecified atom stereocenters. The molecule has 0 aliphatic heterocycles. The zero-order valence-electron chi connectivity index (χ0n) is 9.12. The SMILES string of the molecule is CCCNCCc1csc2ccccc12. The maximum atomic E-state index is 3.44. The minimum atomic E-state index is 1.09. The topological polar surface area (TPSA) is 12.0 Å². The van der Waals surface area contributed by atoms with E-state index in [1.165, 1.54) is 22.1 Å². The van der Waals surface area contributed by atoms with Gasteiger partial charge in [0.05, 0.1) is 0 Å². The molecule has 0 atom stereocenters. The number of rotatable bonds is 5. The monoisotopic (exact) mass is 219 g/mol. The van der Waals surface area contributed by atoms with Gasteiger partial charge in [-0.05, 0) is 48.3 Å². The fourth-order valence-electron chi connectivity index (χ4n) is 1.75. The van der Waals surface area contributed by atoms with Crippen LogP contribution in [0.25, 0.3) is 10.1 Å². The molecule has 2 aromatic rings. The first kappa shape index (κ1) is 10.7. The molecule has 0 fully saturated rings. The van der Waals surface area contributed by atoms with Gasteiger partial charge in [-0.15, -0.1) is 11.3 Å². The highest BCUT2D eigenvalue weighted by Gasteiger charge is 2.01. The first-order valence-electron chi connectivity index (χ1n) is 5.57. The third-order valence-electron chi connectivity index (χ3n) is 2.56. The van der Waals surface area contributed by atoms with Gasteiger partial charge in [-0.3, -0.25) is 0 Å². The molecular formula is C13H17NS. The van der Waals surface area contributed by atoms with Crippen molar-refractivity contribution in [3.05, 3.63) is 35.2 Å². The Bertz CT molecular complexity index is 419. The Balaban J connectivity index is 2.02. The van der Waals surface area contributed by atoms with Gasteiger partial charge in [0.25, 0.3) is 0 Å². The van der Waals surface area contributed by atoms with Crippen LogP contribution >= 0.6 is 11.3 Å². The fraction of sp³-hybridized carbons (Fsp3) is 0.385. The lowest BCUT2D eigenvalue weighted by molar-refractivity contribution is 0.673. The van der Waals surface area contributed by atoms with E-state index in [1.54, 1.807) is 0 Å². The largest absolute Gasteiger partial charge is 0.316 e. The van der Waals surface area contributed by atoms with E-state index in [-0.39, 0.29) is 0 Å². The summed E-state index contributed by atoms with van der Waals surface area (Å²) in [5, 5.41) is 7.16. The summed E-state index contributed by atoms with van der Waals surface area (Å²) in [4.78, 5) is 0. The Morgan fingerprint density at radius 3 is 2.93 bits per heavy atom. The van der Waals surface area contributed by atoms with E-state index in [9.17, 15) is 0 Å². The molecule has 1 aromatic carbocycles. The van der Waals surface area contributed by atoms with Crippen molar-refractivity contribution < 1.29 is 0 Å². The van der Waals surface area contributed by atoms with Crippen molar-refractivity contribution in [2.45, 2.75) is 19.8 Å². The average Bonchev–Trinajstić information content (AvgIpc) is 2.68. The van der Waals surface area contributed by atoms with Crippen molar-refractivity contribution in [1.29, 1.82) is 0 Å². The number of benzene rings is 1. The molecule has 0 saturated carbocycles. The second-order valence-electron chi connectivity index (χ2n) is 3.76. The highest BCUT2D eigenvalue weighted by molar-refractivity contribution is 7.17. The normalized spacial score (nSPS) is 11.0. The summed E-state index contributed by atoms with van der Waals surface area (Å²) in [5.41, 5.74) is 1.49. The fourth-order valence-corrected chi connectivity index (χ4v) is 2.75. The van der Waals surface area contributed by atoms with E-state index >= 15 is 0 Å². The minimum absolute atomic E-state index is 1.09. The van der Waals surface area contributed by atoms with Gasteiger partial charge in [0.1, 0.15) is 0 Å². The molecule has 1 aromatic heterocycles. The Morgan fingerprint density at radius 1 is 1.20 bits per heavy atom. The molecule has 80 valence electrons. The summed E-state index contributed by atoms with van der Waals surface area (Å²) in [6.45, 7) is 4.42. The van der Waals surface area contributed by atoms with Gasteiger partial charge in [-0.25, -0.2) is 0 Å². The van der Waals surface area contributed by atoms with Gasteiger partial charge >= 0.3 is 0 Å². The minimum Gasteiger partial charge on any atom is -0.316 e. The van der Waals surface area contributed by atoms with Gasteiger partial charge in [0.2, 0.25) is 0 Å². The van der Waals surface area contributed by atoms with Gasteiger partial charge < -0.3 is 5.32 Å². The summed E-state index contributed by atoms with van der Waals surface area (Å²) >= 11 is 1.85. The standard InChI is InChI=1S/C13H17NS/c1-2-8-14-9-7-11-10-15-13-6-4-3-5-12(11)13/h3-6,10,14H,2,7-9H2,1H3. The van der Waals surface area contributed by atoms with Gasteiger partial charge in [0.15, 0.2) is 0 Å². The number of hydrogen-bond donors (Lipinski definition) is 1. The van der Waals surface area contributed by atoms with Crippen molar-refractivity contribution in [3.63, 3.8) is 0 Å². The molecule has 1 nitrogen and oxygen atoms in total. The summed E-state index contributed by atoms with van der Waals surface area (Å²) in [6.07, 6.45) is 2.36. The number of hydrogen-bond acceptors (Lipinski definition) is 2. The quantitative estimate of drug-likeness (QED) is 0.760. The zero-order chi connectivity index (χ0) is 10.5. The van der Waals surface area contributed by atoms with Crippen LogP contribution in [0.3, 0.4) is 0 Å². The molecule has 0 bridgehead atoms. The van der Waals surface area contributed by atoms with Crippen LogP contribution in [0.2, 0.25) is 0 Å². The van der Waals surface area contributed by atoms with Gasteiger partial charge in [-0.1, -0.05) is 25.1 Å². The third kappa shape index (κ3) is 2.58. The molecule has 0 radical (unpaired) electrons. The predicted octanol–water partition coefficient (Wildman–Crippen LogP) is 3.44. The molecule has 1 N–H and O–H groups in total. The molecule has 0 spiro atoms. The molecule has 0 aliphatic rings. The highest BCUT2D eigenvalue weighted by atomic mass is 32.1.